The van der Waals surface area contributed by atoms with Crippen LogP contribution in [0.2, 0.25) is 10.0 Å². The van der Waals surface area contributed by atoms with Gasteiger partial charge in [-0.3, -0.25) is 0 Å². The predicted octanol–water partition coefficient (Wildman–Crippen LogP) is 5.44. The van der Waals surface area contributed by atoms with E-state index in [1.165, 1.54) is 15.3 Å². The van der Waals surface area contributed by atoms with Gasteiger partial charge in [-0.1, -0.05) is 36.2 Å². The van der Waals surface area contributed by atoms with Gasteiger partial charge >= 0.3 is 0 Å². The van der Waals surface area contributed by atoms with Gasteiger partial charge in [0, 0.05) is 21.9 Å². The molecular formula is C16H19Cl2NOS. The average Bonchev–Trinajstić information content (AvgIpc) is 2.81. The number of benzene rings is 1. The molecule has 1 aromatic heterocycles. The zero-order chi connectivity index (χ0) is 15.2. The number of nitrogens with one attached hydrogen (secondary N) is 1. The average molecular weight is 344 g/mol. The molecular weight excluding hydrogens is 325 g/mol. The van der Waals surface area contributed by atoms with Crippen molar-refractivity contribution in [2.75, 3.05) is 6.54 Å². The SMILES string of the molecule is CCCNCc1cc(COc2cccc(Cl)c2Cl)c(C)s1. The minimum absolute atomic E-state index is 0.469. The fourth-order valence-corrected chi connectivity index (χ4v) is 3.32. The second-order valence-electron chi connectivity index (χ2n) is 4.81. The highest BCUT2D eigenvalue weighted by atomic mass is 35.5. The van der Waals surface area contributed by atoms with Crippen LogP contribution in [0.25, 0.3) is 0 Å². The Bertz CT molecular complexity index is 598. The molecule has 2 aromatic rings. The summed E-state index contributed by atoms with van der Waals surface area (Å²) in [4.78, 5) is 2.61. The number of hydrogen-bond donors (Lipinski definition) is 1. The van der Waals surface area contributed by atoms with Crippen molar-refractivity contribution >= 4 is 34.5 Å². The third-order valence-corrected chi connectivity index (χ3v) is 4.99. The summed E-state index contributed by atoms with van der Waals surface area (Å²) in [5.41, 5.74) is 1.20. The molecule has 0 unspecified atom stereocenters. The molecule has 2 nitrogen and oxygen atoms in total. The summed E-state index contributed by atoms with van der Waals surface area (Å²) in [5.74, 6) is 0.625. The molecule has 1 N–H and O–H groups in total. The number of ether oxygens (including phenoxy) is 1. The van der Waals surface area contributed by atoms with Crippen molar-refractivity contribution in [3.8, 4) is 5.75 Å². The number of halogens is 2. The molecule has 0 aliphatic heterocycles. The van der Waals surface area contributed by atoms with E-state index < -0.39 is 0 Å². The third-order valence-electron chi connectivity index (χ3n) is 3.10. The molecule has 114 valence electrons. The third kappa shape index (κ3) is 4.62. The summed E-state index contributed by atoms with van der Waals surface area (Å²) in [6, 6.07) is 7.62. The molecule has 0 amide bonds. The Morgan fingerprint density at radius 1 is 1.29 bits per heavy atom. The molecule has 0 aliphatic rings. The molecule has 21 heavy (non-hydrogen) atoms. The molecule has 1 aromatic carbocycles. The fourth-order valence-electron chi connectivity index (χ4n) is 1.96. The quantitative estimate of drug-likeness (QED) is 0.675. The van der Waals surface area contributed by atoms with Gasteiger partial charge in [0.25, 0.3) is 0 Å². The highest BCUT2D eigenvalue weighted by molar-refractivity contribution is 7.12. The van der Waals surface area contributed by atoms with Crippen LogP contribution in [0, 0.1) is 6.92 Å². The Labute approximate surface area is 140 Å². The Hall–Kier alpha value is -0.740. The minimum atomic E-state index is 0.469. The Morgan fingerprint density at radius 3 is 2.86 bits per heavy atom. The molecule has 2 rings (SSSR count). The highest BCUT2D eigenvalue weighted by Crippen LogP contribution is 2.32. The maximum absolute atomic E-state index is 6.12. The summed E-state index contributed by atoms with van der Waals surface area (Å²) >= 11 is 13.9. The van der Waals surface area contributed by atoms with Crippen molar-refractivity contribution in [2.24, 2.45) is 0 Å². The van der Waals surface area contributed by atoms with Gasteiger partial charge in [-0.25, -0.2) is 0 Å². The van der Waals surface area contributed by atoms with E-state index in [0.29, 0.717) is 22.4 Å². The van der Waals surface area contributed by atoms with Crippen LogP contribution >= 0.6 is 34.5 Å². The van der Waals surface area contributed by atoms with Crippen molar-refractivity contribution in [2.45, 2.75) is 33.4 Å². The summed E-state index contributed by atoms with van der Waals surface area (Å²) in [6.07, 6.45) is 1.15. The molecule has 0 atom stereocenters. The second kappa shape index (κ2) is 8.04. The molecule has 5 heteroatoms. The monoisotopic (exact) mass is 343 g/mol. The molecule has 0 spiro atoms. The number of aryl methyl sites for hydroxylation is 1. The van der Waals surface area contributed by atoms with E-state index in [2.05, 4.69) is 25.2 Å². The lowest BCUT2D eigenvalue weighted by Gasteiger charge is -2.08. The van der Waals surface area contributed by atoms with Gasteiger partial charge < -0.3 is 10.1 Å². The van der Waals surface area contributed by atoms with Crippen LogP contribution in [0.5, 0.6) is 5.75 Å². The Balaban J connectivity index is 1.98. The van der Waals surface area contributed by atoms with Crippen molar-refractivity contribution in [3.05, 3.63) is 49.6 Å². The summed E-state index contributed by atoms with van der Waals surface area (Å²) in [7, 11) is 0. The number of hydrogen-bond acceptors (Lipinski definition) is 3. The second-order valence-corrected chi connectivity index (χ2v) is 6.94. The first-order chi connectivity index (χ1) is 10.1. The highest BCUT2D eigenvalue weighted by Gasteiger charge is 2.09. The molecule has 0 aliphatic carbocycles. The largest absolute Gasteiger partial charge is 0.487 e. The van der Waals surface area contributed by atoms with Crippen molar-refractivity contribution < 1.29 is 4.74 Å². The van der Waals surface area contributed by atoms with Crippen molar-refractivity contribution in [3.63, 3.8) is 0 Å². The maximum atomic E-state index is 6.12. The number of rotatable bonds is 7. The maximum Gasteiger partial charge on any atom is 0.139 e. The van der Waals surface area contributed by atoms with Gasteiger partial charge in [-0.2, -0.15) is 0 Å². The fraction of sp³-hybridized carbons (Fsp3) is 0.375. The van der Waals surface area contributed by atoms with Gasteiger partial charge in [0.05, 0.1) is 5.02 Å². The summed E-state index contributed by atoms with van der Waals surface area (Å²) in [6.45, 7) is 6.75. The van der Waals surface area contributed by atoms with Crippen LogP contribution in [-0.4, -0.2) is 6.54 Å². The lowest BCUT2D eigenvalue weighted by molar-refractivity contribution is 0.306. The van der Waals surface area contributed by atoms with E-state index in [0.717, 1.165) is 19.5 Å². The molecule has 0 saturated heterocycles. The summed E-state index contributed by atoms with van der Waals surface area (Å²) < 4.78 is 5.79. The van der Waals surface area contributed by atoms with Gasteiger partial charge in [0.1, 0.15) is 17.4 Å². The van der Waals surface area contributed by atoms with Crippen LogP contribution in [0.15, 0.2) is 24.3 Å². The van der Waals surface area contributed by atoms with Crippen molar-refractivity contribution in [1.82, 2.24) is 5.32 Å². The first-order valence-corrected chi connectivity index (χ1v) is 8.54. The van der Waals surface area contributed by atoms with Crippen LogP contribution in [-0.2, 0) is 13.2 Å². The van der Waals surface area contributed by atoms with Crippen LogP contribution in [0.4, 0.5) is 0 Å². The molecule has 0 radical (unpaired) electrons. The van der Waals surface area contributed by atoms with E-state index in [-0.39, 0.29) is 0 Å². The Kier molecular flexibility index (Phi) is 6.37. The molecule has 0 bridgehead atoms. The van der Waals surface area contributed by atoms with Gasteiger partial charge in [0.2, 0.25) is 0 Å². The smallest absolute Gasteiger partial charge is 0.139 e. The van der Waals surface area contributed by atoms with Gasteiger partial charge in [-0.15, -0.1) is 11.3 Å². The molecule has 0 fully saturated rings. The molecule has 1 heterocycles. The normalized spacial score (nSPS) is 10.9. The van der Waals surface area contributed by atoms with E-state index in [4.69, 9.17) is 27.9 Å². The number of thiophene rings is 1. The van der Waals surface area contributed by atoms with Crippen LogP contribution < -0.4 is 10.1 Å². The zero-order valence-corrected chi connectivity index (χ0v) is 14.5. The first kappa shape index (κ1) is 16.6. The van der Waals surface area contributed by atoms with E-state index in [1.807, 2.05) is 12.1 Å². The van der Waals surface area contributed by atoms with Crippen LogP contribution in [0.1, 0.15) is 28.7 Å². The minimum Gasteiger partial charge on any atom is -0.487 e. The molecule has 0 saturated carbocycles. The zero-order valence-electron chi connectivity index (χ0n) is 12.2. The lowest BCUT2D eigenvalue weighted by atomic mass is 10.2. The van der Waals surface area contributed by atoms with E-state index in [1.54, 1.807) is 17.4 Å². The topological polar surface area (TPSA) is 21.3 Å². The van der Waals surface area contributed by atoms with Gasteiger partial charge in [0.15, 0.2) is 0 Å². The van der Waals surface area contributed by atoms with Gasteiger partial charge in [-0.05, 0) is 38.1 Å². The van der Waals surface area contributed by atoms with Crippen molar-refractivity contribution in [1.29, 1.82) is 0 Å². The lowest BCUT2D eigenvalue weighted by Crippen LogP contribution is -2.12. The Morgan fingerprint density at radius 2 is 2.10 bits per heavy atom. The predicted molar refractivity (Wildman–Crippen MR) is 91.8 cm³/mol. The van der Waals surface area contributed by atoms with Crippen LogP contribution in [0.3, 0.4) is 0 Å². The summed E-state index contributed by atoms with van der Waals surface area (Å²) in [5, 5.41) is 4.40. The first-order valence-electron chi connectivity index (χ1n) is 6.97. The standard InChI is InChI=1S/C16H19Cl2NOS/c1-3-7-19-9-13-8-12(11(2)21-13)10-20-15-6-4-5-14(17)16(15)18/h4-6,8,19H,3,7,9-10H2,1-2H3. The van der Waals surface area contributed by atoms with E-state index in [9.17, 15) is 0 Å². The van der Waals surface area contributed by atoms with E-state index >= 15 is 0 Å².